The van der Waals surface area contributed by atoms with Crippen LogP contribution in [0.15, 0.2) is 17.1 Å². The minimum atomic E-state index is -0.400. The van der Waals surface area contributed by atoms with Crippen LogP contribution in [0.25, 0.3) is 0 Å². The van der Waals surface area contributed by atoms with E-state index in [4.69, 9.17) is 4.74 Å². The second kappa shape index (κ2) is 6.03. The number of nitrogens with zero attached hydrogens (tertiary/aromatic N) is 3. The van der Waals surface area contributed by atoms with Gasteiger partial charge in [-0.15, -0.1) is 0 Å². The van der Waals surface area contributed by atoms with Crippen LogP contribution in [0.2, 0.25) is 0 Å². The zero-order valence-electron chi connectivity index (χ0n) is 10.3. The first-order chi connectivity index (χ1) is 7.99. The molecule has 0 atom stereocenters. The van der Waals surface area contributed by atoms with Crippen molar-refractivity contribution in [2.75, 3.05) is 6.61 Å². The van der Waals surface area contributed by atoms with Crippen LogP contribution in [0.4, 0.5) is 0 Å². The molecule has 1 rings (SSSR count). The summed E-state index contributed by atoms with van der Waals surface area (Å²) < 4.78 is 5.34. The van der Waals surface area contributed by atoms with Gasteiger partial charge in [-0.3, -0.25) is 4.79 Å². The SMILES string of the molecule is CC(=O)N=c1ccc(OCCC(C)C)nn1O. The molecule has 0 aliphatic rings. The monoisotopic (exact) mass is 239 g/mol. The van der Waals surface area contributed by atoms with Crippen LogP contribution in [0.5, 0.6) is 5.88 Å². The van der Waals surface area contributed by atoms with Gasteiger partial charge in [0.1, 0.15) is 0 Å². The lowest BCUT2D eigenvalue weighted by Crippen LogP contribution is -2.22. The first kappa shape index (κ1) is 13.2. The Morgan fingerprint density at radius 2 is 2.29 bits per heavy atom. The summed E-state index contributed by atoms with van der Waals surface area (Å²) in [7, 11) is 0. The first-order valence-corrected chi connectivity index (χ1v) is 5.46. The fourth-order valence-corrected chi connectivity index (χ4v) is 1.11. The molecule has 0 aliphatic carbocycles. The van der Waals surface area contributed by atoms with Gasteiger partial charge >= 0.3 is 0 Å². The third kappa shape index (κ3) is 4.67. The number of rotatable bonds is 4. The Balaban J connectivity index is 2.72. The molecule has 0 radical (unpaired) electrons. The molecular formula is C11H17N3O3. The van der Waals surface area contributed by atoms with Crippen LogP contribution in [0, 0.1) is 5.92 Å². The summed E-state index contributed by atoms with van der Waals surface area (Å²) in [5.41, 5.74) is 0.0775. The highest BCUT2D eigenvalue weighted by Crippen LogP contribution is 2.04. The third-order valence-corrected chi connectivity index (χ3v) is 1.99. The minimum absolute atomic E-state index is 0.0775. The lowest BCUT2D eigenvalue weighted by atomic mass is 10.1. The lowest BCUT2D eigenvalue weighted by molar-refractivity contribution is -0.116. The molecule has 1 N–H and O–H groups in total. The van der Waals surface area contributed by atoms with E-state index in [0.29, 0.717) is 23.2 Å². The maximum atomic E-state index is 10.7. The van der Waals surface area contributed by atoms with Crippen molar-refractivity contribution in [3.63, 3.8) is 0 Å². The predicted octanol–water partition coefficient (Wildman–Crippen LogP) is 0.992. The van der Waals surface area contributed by atoms with Crippen molar-refractivity contribution in [1.82, 2.24) is 9.94 Å². The fourth-order valence-electron chi connectivity index (χ4n) is 1.11. The second-order valence-corrected chi connectivity index (χ2v) is 4.08. The molecule has 0 bridgehead atoms. The Bertz CT molecular complexity index is 452. The van der Waals surface area contributed by atoms with Crippen molar-refractivity contribution in [3.05, 3.63) is 17.6 Å². The van der Waals surface area contributed by atoms with Crippen molar-refractivity contribution in [2.24, 2.45) is 10.9 Å². The molecule has 0 saturated carbocycles. The number of aromatic nitrogens is 2. The van der Waals surface area contributed by atoms with E-state index < -0.39 is 5.91 Å². The maximum Gasteiger partial charge on any atom is 0.244 e. The maximum absolute atomic E-state index is 10.7. The highest BCUT2D eigenvalue weighted by atomic mass is 16.5. The molecule has 0 aliphatic heterocycles. The summed E-state index contributed by atoms with van der Waals surface area (Å²) in [4.78, 5) is 14.8. The summed E-state index contributed by atoms with van der Waals surface area (Å²) in [5, 5.41) is 13.2. The molecule has 6 nitrogen and oxygen atoms in total. The topological polar surface area (TPSA) is 76.7 Å². The van der Waals surface area contributed by atoms with Gasteiger partial charge in [-0.25, -0.2) is 0 Å². The summed E-state index contributed by atoms with van der Waals surface area (Å²) in [6.45, 7) is 6.02. The average molecular weight is 239 g/mol. The molecule has 0 aromatic carbocycles. The average Bonchev–Trinajstić information content (AvgIpc) is 2.21. The quantitative estimate of drug-likeness (QED) is 0.795. The molecule has 94 valence electrons. The standard InChI is InChI=1S/C11H17N3O3/c1-8(2)6-7-17-11-5-4-10(12-9(3)15)14(16)13-11/h4-5,8,16H,6-7H2,1-3H3. The summed E-state index contributed by atoms with van der Waals surface area (Å²) in [5.74, 6) is 0.446. The molecule has 0 fully saturated rings. The van der Waals surface area contributed by atoms with Crippen LogP contribution in [0.1, 0.15) is 27.2 Å². The second-order valence-electron chi connectivity index (χ2n) is 4.08. The van der Waals surface area contributed by atoms with Crippen LogP contribution >= 0.6 is 0 Å². The number of hydrogen-bond donors (Lipinski definition) is 1. The number of ether oxygens (including phenoxy) is 1. The molecule has 0 unspecified atom stereocenters. The van der Waals surface area contributed by atoms with Gasteiger partial charge in [-0.2, -0.15) is 4.99 Å². The van der Waals surface area contributed by atoms with Crippen molar-refractivity contribution in [3.8, 4) is 5.88 Å². The van der Waals surface area contributed by atoms with Crippen molar-refractivity contribution < 1.29 is 14.7 Å². The Labute approximate surface area is 99.5 Å². The molecule has 17 heavy (non-hydrogen) atoms. The van der Waals surface area contributed by atoms with E-state index in [2.05, 4.69) is 23.9 Å². The fraction of sp³-hybridized carbons (Fsp3) is 0.545. The molecule has 1 amide bonds. The van der Waals surface area contributed by atoms with Gasteiger partial charge < -0.3 is 9.94 Å². The van der Waals surface area contributed by atoms with E-state index in [1.54, 1.807) is 6.07 Å². The summed E-state index contributed by atoms with van der Waals surface area (Å²) in [6, 6.07) is 3.04. The van der Waals surface area contributed by atoms with E-state index in [1.807, 2.05) is 0 Å². The van der Waals surface area contributed by atoms with E-state index in [9.17, 15) is 10.0 Å². The largest absolute Gasteiger partial charge is 0.477 e. The van der Waals surface area contributed by atoms with Gasteiger partial charge in [-0.1, -0.05) is 23.8 Å². The van der Waals surface area contributed by atoms with Gasteiger partial charge in [0, 0.05) is 13.0 Å². The summed E-state index contributed by atoms with van der Waals surface area (Å²) in [6.07, 6.45) is 0.909. The molecule has 1 heterocycles. The number of carbonyl (C=O) groups is 1. The van der Waals surface area contributed by atoms with Gasteiger partial charge in [0.25, 0.3) is 0 Å². The zero-order chi connectivity index (χ0) is 12.8. The van der Waals surface area contributed by atoms with Gasteiger partial charge in [0.2, 0.25) is 11.8 Å². The molecular weight excluding hydrogens is 222 g/mol. The van der Waals surface area contributed by atoms with Gasteiger partial charge in [0.05, 0.1) is 6.61 Å². The highest BCUT2D eigenvalue weighted by Gasteiger charge is 2.00. The molecule has 6 heteroatoms. The predicted molar refractivity (Wildman–Crippen MR) is 60.6 cm³/mol. The lowest BCUT2D eigenvalue weighted by Gasteiger charge is -2.07. The van der Waals surface area contributed by atoms with E-state index in [0.717, 1.165) is 6.42 Å². The third-order valence-electron chi connectivity index (χ3n) is 1.99. The number of carbonyl (C=O) groups excluding carboxylic acids is 1. The molecule has 1 aromatic heterocycles. The van der Waals surface area contributed by atoms with E-state index >= 15 is 0 Å². The van der Waals surface area contributed by atoms with Crippen LogP contribution in [0.3, 0.4) is 0 Å². The number of amides is 1. The van der Waals surface area contributed by atoms with Crippen molar-refractivity contribution in [2.45, 2.75) is 27.2 Å². The van der Waals surface area contributed by atoms with E-state index in [1.165, 1.54) is 13.0 Å². The Kier molecular flexibility index (Phi) is 4.68. The normalized spacial score (nSPS) is 11.9. The van der Waals surface area contributed by atoms with Gasteiger partial charge in [-0.05, 0) is 18.4 Å². The highest BCUT2D eigenvalue weighted by molar-refractivity contribution is 5.73. The van der Waals surface area contributed by atoms with E-state index in [-0.39, 0.29) is 5.49 Å². The zero-order valence-corrected chi connectivity index (χ0v) is 10.3. The van der Waals surface area contributed by atoms with Crippen LogP contribution in [-0.4, -0.2) is 27.7 Å². The molecule has 1 aromatic rings. The van der Waals surface area contributed by atoms with Gasteiger partial charge in [0.15, 0.2) is 5.49 Å². The smallest absolute Gasteiger partial charge is 0.244 e. The molecule has 0 saturated heterocycles. The minimum Gasteiger partial charge on any atom is -0.477 e. The Morgan fingerprint density at radius 1 is 1.59 bits per heavy atom. The first-order valence-electron chi connectivity index (χ1n) is 5.46. The summed E-state index contributed by atoms with van der Waals surface area (Å²) >= 11 is 0. The Hall–Kier alpha value is -1.85. The number of hydrogen-bond acceptors (Lipinski definition) is 4. The van der Waals surface area contributed by atoms with Crippen LogP contribution in [-0.2, 0) is 4.79 Å². The van der Waals surface area contributed by atoms with Crippen LogP contribution < -0.4 is 10.2 Å². The van der Waals surface area contributed by atoms with Crippen molar-refractivity contribution >= 4 is 5.91 Å². The Morgan fingerprint density at radius 3 is 2.82 bits per heavy atom. The van der Waals surface area contributed by atoms with Crippen molar-refractivity contribution in [1.29, 1.82) is 0 Å². The molecule has 0 spiro atoms.